The number of nitrogens with zero attached hydrogens (tertiary/aromatic N) is 2. The molecule has 0 aromatic carbocycles. The monoisotopic (exact) mass is 281 g/mol. The first-order chi connectivity index (χ1) is 9.47. The summed E-state index contributed by atoms with van der Waals surface area (Å²) in [6, 6.07) is 0. The number of imidazole rings is 1. The summed E-state index contributed by atoms with van der Waals surface area (Å²) in [5.74, 6) is -0.465. The fourth-order valence-electron chi connectivity index (χ4n) is 2.15. The Morgan fingerprint density at radius 3 is 2.70 bits per heavy atom. The molecule has 6 nitrogen and oxygen atoms in total. The predicted octanol–water partition coefficient (Wildman–Crippen LogP) is 1.53. The Morgan fingerprint density at radius 2 is 2.15 bits per heavy atom. The molecule has 1 aromatic heterocycles. The van der Waals surface area contributed by atoms with Gasteiger partial charge in [-0.1, -0.05) is 13.8 Å². The van der Waals surface area contributed by atoms with Crippen molar-refractivity contribution >= 4 is 11.9 Å². The molecule has 2 N–H and O–H groups in total. The number of hydrogen-bond donors (Lipinski definition) is 2. The van der Waals surface area contributed by atoms with Crippen LogP contribution >= 0.6 is 0 Å². The number of aliphatic carboxylic acids is 1. The molecule has 112 valence electrons. The molecule has 0 spiro atoms. The lowest BCUT2D eigenvalue weighted by Crippen LogP contribution is -2.31. The van der Waals surface area contributed by atoms with E-state index in [1.165, 1.54) is 0 Å². The second kappa shape index (κ2) is 8.35. The average molecular weight is 281 g/mol. The van der Waals surface area contributed by atoms with Crippen molar-refractivity contribution in [1.82, 2.24) is 14.9 Å². The second-order valence-corrected chi connectivity index (χ2v) is 5.45. The molecule has 0 bridgehead atoms. The molecule has 0 fully saturated rings. The Labute approximate surface area is 119 Å². The Hall–Kier alpha value is -1.85. The van der Waals surface area contributed by atoms with Crippen LogP contribution in [0.5, 0.6) is 0 Å². The molecule has 0 aliphatic heterocycles. The standard InChI is InChI=1S/C14H23N3O3/c1-11(2)7-12(8-14(19)20)9-16-13(18)3-5-17-6-4-15-10-17/h4,6,10-12H,3,5,7-9H2,1-2H3,(H,16,18)(H,19,20)/t12-/m0/s1. The molecule has 20 heavy (non-hydrogen) atoms. The van der Waals surface area contributed by atoms with E-state index in [2.05, 4.69) is 24.1 Å². The lowest BCUT2D eigenvalue weighted by atomic mass is 9.94. The van der Waals surface area contributed by atoms with E-state index in [4.69, 9.17) is 5.11 Å². The van der Waals surface area contributed by atoms with E-state index in [1.807, 2.05) is 4.57 Å². The van der Waals surface area contributed by atoms with Crippen molar-refractivity contribution in [3.8, 4) is 0 Å². The van der Waals surface area contributed by atoms with Crippen LogP contribution < -0.4 is 5.32 Å². The minimum Gasteiger partial charge on any atom is -0.481 e. The Kier molecular flexibility index (Phi) is 6.76. The molecular formula is C14H23N3O3. The Balaban J connectivity index is 2.30. The number of aryl methyl sites for hydroxylation is 1. The first kappa shape index (κ1) is 16.2. The number of carboxylic acid groups (broad SMARTS) is 1. The number of carbonyl (C=O) groups is 2. The molecule has 0 aliphatic rings. The van der Waals surface area contributed by atoms with Gasteiger partial charge in [-0.25, -0.2) is 4.98 Å². The van der Waals surface area contributed by atoms with Gasteiger partial charge in [-0.2, -0.15) is 0 Å². The van der Waals surface area contributed by atoms with E-state index >= 15 is 0 Å². The third kappa shape index (κ3) is 6.92. The molecule has 0 unspecified atom stereocenters. The number of amides is 1. The third-order valence-corrected chi connectivity index (χ3v) is 3.01. The van der Waals surface area contributed by atoms with Crippen LogP contribution in [0.15, 0.2) is 18.7 Å². The van der Waals surface area contributed by atoms with Gasteiger partial charge in [0.05, 0.1) is 6.33 Å². The van der Waals surface area contributed by atoms with Crippen molar-refractivity contribution in [3.05, 3.63) is 18.7 Å². The van der Waals surface area contributed by atoms with Gasteiger partial charge < -0.3 is 15.0 Å². The van der Waals surface area contributed by atoms with E-state index in [0.717, 1.165) is 6.42 Å². The highest BCUT2D eigenvalue weighted by molar-refractivity contribution is 5.75. The summed E-state index contributed by atoms with van der Waals surface area (Å²) >= 11 is 0. The van der Waals surface area contributed by atoms with Crippen LogP contribution in [0.2, 0.25) is 0 Å². The minimum atomic E-state index is -0.816. The van der Waals surface area contributed by atoms with Gasteiger partial charge in [0.1, 0.15) is 0 Å². The maximum absolute atomic E-state index is 11.7. The van der Waals surface area contributed by atoms with Crippen LogP contribution in [0, 0.1) is 11.8 Å². The number of carboxylic acids is 1. The van der Waals surface area contributed by atoms with Crippen molar-refractivity contribution in [2.45, 2.75) is 39.7 Å². The Bertz CT molecular complexity index is 415. The van der Waals surface area contributed by atoms with Gasteiger partial charge in [0.25, 0.3) is 0 Å². The second-order valence-electron chi connectivity index (χ2n) is 5.45. The van der Waals surface area contributed by atoms with Gasteiger partial charge in [0, 0.05) is 38.3 Å². The molecule has 0 saturated heterocycles. The van der Waals surface area contributed by atoms with Crippen molar-refractivity contribution in [2.75, 3.05) is 6.54 Å². The van der Waals surface area contributed by atoms with Crippen LogP contribution in [0.1, 0.15) is 33.1 Å². The summed E-state index contributed by atoms with van der Waals surface area (Å²) in [5.41, 5.74) is 0. The van der Waals surface area contributed by atoms with Crippen LogP contribution in [0.25, 0.3) is 0 Å². The highest BCUT2D eigenvalue weighted by Gasteiger charge is 2.16. The maximum atomic E-state index is 11.7. The van der Waals surface area contributed by atoms with Crippen molar-refractivity contribution in [1.29, 1.82) is 0 Å². The van der Waals surface area contributed by atoms with Crippen LogP contribution in [-0.2, 0) is 16.1 Å². The first-order valence-corrected chi connectivity index (χ1v) is 6.91. The molecule has 1 aromatic rings. The number of nitrogens with one attached hydrogen (secondary N) is 1. The average Bonchev–Trinajstić information content (AvgIpc) is 2.85. The van der Waals surface area contributed by atoms with Gasteiger partial charge in [-0.05, 0) is 18.3 Å². The topological polar surface area (TPSA) is 84.2 Å². The van der Waals surface area contributed by atoms with Crippen molar-refractivity contribution in [2.24, 2.45) is 11.8 Å². The third-order valence-electron chi connectivity index (χ3n) is 3.01. The molecule has 1 amide bonds. The van der Waals surface area contributed by atoms with Crippen LogP contribution in [0.4, 0.5) is 0 Å². The molecule has 1 heterocycles. The number of aromatic nitrogens is 2. The summed E-state index contributed by atoms with van der Waals surface area (Å²) in [6.45, 7) is 5.11. The lowest BCUT2D eigenvalue weighted by molar-refractivity contribution is -0.138. The molecule has 1 rings (SSSR count). The normalized spacial score (nSPS) is 12.3. The SMILES string of the molecule is CC(C)C[C@H](CNC(=O)CCn1ccnc1)CC(=O)O. The van der Waals surface area contributed by atoms with E-state index in [1.54, 1.807) is 18.7 Å². The van der Waals surface area contributed by atoms with Gasteiger partial charge >= 0.3 is 5.97 Å². The zero-order chi connectivity index (χ0) is 15.0. The number of rotatable bonds is 9. The summed E-state index contributed by atoms with van der Waals surface area (Å²) < 4.78 is 1.84. The van der Waals surface area contributed by atoms with Gasteiger partial charge in [0.2, 0.25) is 5.91 Å². The molecule has 0 radical (unpaired) electrons. The van der Waals surface area contributed by atoms with E-state index in [9.17, 15) is 9.59 Å². The first-order valence-electron chi connectivity index (χ1n) is 6.91. The zero-order valence-corrected chi connectivity index (χ0v) is 12.1. The quantitative estimate of drug-likeness (QED) is 0.719. The van der Waals surface area contributed by atoms with E-state index < -0.39 is 5.97 Å². The van der Waals surface area contributed by atoms with Crippen LogP contribution in [-0.4, -0.2) is 33.1 Å². The summed E-state index contributed by atoms with van der Waals surface area (Å²) in [7, 11) is 0. The molecule has 0 aliphatic carbocycles. The lowest BCUT2D eigenvalue weighted by Gasteiger charge is -2.17. The summed E-state index contributed by atoms with van der Waals surface area (Å²) in [4.78, 5) is 26.4. The largest absolute Gasteiger partial charge is 0.481 e. The summed E-state index contributed by atoms with van der Waals surface area (Å²) in [6.07, 6.45) is 6.41. The van der Waals surface area contributed by atoms with Gasteiger partial charge in [0.15, 0.2) is 0 Å². The van der Waals surface area contributed by atoms with E-state index in [0.29, 0.717) is 25.4 Å². The van der Waals surface area contributed by atoms with Gasteiger partial charge in [-0.15, -0.1) is 0 Å². The molecule has 1 atom stereocenters. The van der Waals surface area contributed by atoms with Crippen molar-refractivity contribution < 1.29 is 14.7 Å². The highest BCUT2D eigenvalue weighted by Crippen LogP contribution is 2.14. The number of carbonyl (C=O) groups excluding carboxylic acids is 1. The fraction of sp³-hybridized carbons (Fsp3) is 0.643. The summed E-state index contributed by atoms with van der Waals surface area (Å²) in [5, 5.41) is 11.7. The van der Waals surface area contributed by atoms with E-state index in [-0.39, 0.29) is 18.2 Å². The van der Waals surface area contributed by atoms with Crippen LogP contribution in [0.3, 0.4) is 0 Å². The molecular weight excluding hydrogens is 258 g/mol. The predicted molar refractivity (Wildman–Crippen MR) is 75.1 cm³/mol. The highest BCUT2D eigenvalue weighted by atomic mass is 16.4. The fourth-order valence-corrected chi connectivity index (χ4v) is 2.15. The maximum Gasteiger partial charge on any atom is 0.303 e. The minimum absolute atomic E-state index is 0.00954. The molecule has 0 saturated carbocycles. The van der Waals surface area contributed by atoms with Gasteiger partial charge in [-0.3, -0.25) is 9.59 Å². The zero-order valence-electron chi connectivity index (χ0n) is 12.1. The molecule has 6 heteroatoms. The van der Waals surface area contributed by atoms with Crippen molar-refractivity contribution in [3.63, 3.8) is 0 Å². The number of hydrogen-bond acceptors (Lipinski definition) is 3. The smallest absolute Gasteiger partial charge is 0.303 e. The Morgan fingerprint density at radius 1 is 1.40 bits per heavy atom.